The summed E-state index contributed by atoms with van der Waals surface area (Å²) in [4.78, 5) is 12.0. The minimum atomic E-state index is 0.113. The molecule has 0 aliphatic carbocycles. The van der Waals surface area contributed by atoms with Crippen LogP contribution >= 0.6 is 27.5 Å². The smallest absolute Gasteiger partial charge is 0.163 e. The molecule has 2 aromatic rings. The molecule has 2 rings (SSSR count). The van der Waals surface area contributed by atoms with E-state index in [2.05, 4.69) is 15.9 Å². The quantitative estimate of drug-likeness (QED) is 0.730. The molecule has 0 saturated heterocycles. The molecule has 3 heteroatoms. The average molecular weight is 324 g/mol. The Morgan fingerprint density at radius 2 is 1.83 bits per heavy atom. The van der Waals surface area contributed by atoms with E-state index in [9.17, 15) is 4.79 Å². The summed E-state index contributed by atoms with van der Waals surface area (Å²) in [6, 6.07) is 15.3. The molecule has 0 unspecified atom stereocenters. The fraction of sp³-hybridized carbons (Fsp3) is 0.133. The number of carbonyl (C=O) groups excluding carboxylic acids is 1. The molecule has 0 bridgehead atoms. The SMILES string of the molecule is O=C(CCc1ccccc1)c1cc(Cl)cc(Br)c1. The normalized spacial score (nSPS) is 10.3. The predicted molar refractivity (Wildman–Crippen MR) is 78.2 cm³/mol. The van der Waals surface area contributed by atoms with Gasteiger partial charge in [-0.3, -0.25) is 4.79 Å². The van der Waals surface area contributed by atoms with Crippen molar-refractivity contribution in [2.45, 2.75) is 12.8 Å². The van der Waals surface area contributed by atoms with Crippen molar-refractivity contribution in [2.75, 3.05) is 0 Å². The van der Waals surface area contributed by atoms with Gasteiger partial charge in [0.25, 0.3) is 0 Å². The maximum Gasteiger partial charge on any atom is 0.163 e. The van der Waals surface area contributed by atoms with Crippen molar-refractivity contribution in [3.8, 4) is 0 Å². The van der Waals surface area contributed by atoms with Crippen molar-refractivity contribution in [1.82, 2.24) is 0 Å². The third-order valence-corrected chi connectivity index (χ3v) is 3.34. The summed E-state index contributed by atoms with van der Waals surface area (Å²) in [7, 11) is 0. The average Bonchev–Trinajstić information content (AvgIpc) is 2.36. The fourth-order valence-corrected chi connectivity index (χ4v) is 2.62. The van der Waals surface area contributed by atoms with Crippen LogP contribution in [0.25, 0.3) is 0 Å². The molecule has 0 spiro atoms. The van der Waals surface area contributed by atoms with Crippen LogP contribution in [0.3, 0.4) is 0 Å². The van der Waals surface area contributed by atoms with Crippen LogP contribution < -0.4 is 0 Å². The molecule has 0 amide bonds. The number of aryl methyl sites for hydroxylation is 1. The standard InChI is InChI=1S/C15H12BrClO/c16-13-8-12(9-14(17)10-13)15(18)7-6-11-4-2-1-3-5-11/h1-5,8-10H,6-7H2. The van der Waals surface area contributed by atoms with Crippen molar-refractivity contribution in [2.24, 2.45) is 0 Å². The lowest BCUT2D eigenvalue weighted by Gasteiger charge is -2.03. The van der Waals surface area contributed by atoms with Crippen molar-refractivity contribution in [3.63, 3.8) is 0 Å². The fourth-order valence-electron chi connectivity index (χ4n) is 1.76. The summed E-state index contributed by atoms with van der Waals surface area (Å²) in [5, 5.41) is 0.576. The minimum absolute atomic E-state index is 0.113. The number of halogens is 2. The van der Waals surface area contributed by atoms with Gasteiger partial charge < -0.3 is 0 Å². The highest BCUT2D eigenvalue weighted by Gasteiger charge is 2.08. The van der Waals surface area contributed by atoms with Gasteiger partial charge >= 0.3 is 0 Å². The Hall–Kier alpha value is -1.12. The molecule has 0 saturated carbocycles. The van der Waals surface area contributed by atoms with Crippen molar-refractivity contribution < 1.29 is 4.79 Å². The zero-order valence-electron chi connectivity index (χ0n) is 9.70. The number of benzene rings is 2. The molecule has 0 aromatic heterocycles. The first-order valence-electron chi connectivity index (χ1n) is 5.68. The Bertz CT molecular complexity index is 531. The molecule has 0 aliphatic rings. The summed E-state index contributed by atoms with van der Waals surface area (Å²) < 4.78 is 0.832. The summed E-state index contributed by atoms with van der Waals surface area (Å²) >= 11 is 9.27. The van der Waals surface area contributed by atoms with Crippen LogP contribution in [-0.4, -0.2) is 5.78 Å². The number of hydrogen-bond donors (Lipinski definition) is 0. The van der Waals surface area contributed by atoms with Gasteiger partial charge in [0.2, 0.25) is 0 Å². The molecule has 0 aliphatic heterocycles. The topological polar surface area (TPSA) is 17.1 Å². The Balaban J connectivity index is 2.04. The lowest BCUT2D eigenvalue weighted by Crippen LogP contribution is -2.01. The van der Waals surface area contributed by atoms with E-state index in [0.717, 1.165) is 10.9 Å². The molecule has 1 nitrogen and oxygen atoms in total. The minimum Gasteiger partial charge on any atom is -0.294 e. The summed E-state index contributed by atoms with van der Waals surface area (Å²) in [5.74, 6) is 0.113. The van der Waals surface area contributed by atoms with Gasteiger partial charge in [-0.25, -0.2) is 0 Å². The van der Waals surface area contributed by atoms with Crippen LogP contribution in [0.15, 0.2) is 53.0 Å². The number of carbonyl (C=O) groups is 1. The van der Waals surface area contributed by atoms with Crippen LogP contribution in [0.2, 0.25) is 5.02 Å². The first-order valence-corrected chi connectivity index (χ1v) is 6.85. The molecule has 0 atom stereocenters. The Morgan fingerprint density at radius 3 is 2.50 bits per heavy atom. The van der Waals surface area contributed by atoms with E-state index in [4.69, 9.17) is 11.6 Å². The molecule has 2 aromatic carbocycles. The molecule has 0 N–H and O–H groups in total. The largest absolute Gasteiger partial charge is 0.294 e. The van der Waals surface area contributed by atoms with Crippen molar-refractivity contribution in [3.05, 3.63) is 69.2 Å². The van der Waals surface area contributed by atoms with Gasteiger partial charge in [-0.2, -0.15) is 0 Å². The van der Waals surface area contributed by atoms with Crippen LogP contribution in [0.4, 0.5) is 0 Å². The number of hydrogen-bond acceptors (Lipinski definition) is 1. The third-order valence-electron chi connectivity index (χ3n) is 2.67. The number of rotatable bonds is 4. The second kappa shape index (κ2) is 6.17. The molecule has 92 valence electrons. The molecule has 0 radical (unpaired) electrons. The van der Waals surface area contributed by atoms with E-state index in [1.807, 2.05) is 30.3 Å². The number of ketones is 1. The van der Waals surface area contributed by atoms with Crippen LogP contribution in [0, 0.1) is 0 Å². The van der Waals surface area contributed by atoms with Gasteiger partial charge in [0.05, 0.1) is 0 Å². The second-order valence-electron chi connectivity index (χ2n) is 4.07. The van der Waals surface area contributed by atoms with Crippen LogP contribution in [0.5, 0.6) is 0 Å². The van der Waals surface area contributed by atoms with E-state index in [0.29, 0.717) is 17.0 Å². The van der Waals surface area contributed by atoms with E-state index < -0.39 is 0 Å². The lowest BCUT2D eigenvalue weighted by molar-refractivity contribution is 0.0983. The molecular weight excluding hydrogens is 312 g/mol. The van der Waals surface area contributed by atoms with E-state index >= 15 is 0 Å². The van der Waals surface area contributed by atoms with Crippen molar-refractivity contribution >= 4 is 33.3 Å². The van der Waals surface area contributed by atoms with Gasteiger partial charge in [-0.15, -0.1) is 0 Å². The maximum atomic E-state index is 12.0. The highest BCUT2D eigenvalue weighted by Crippen LogP contribution is 2.21. The Kier molecular flexibility index (Phi) is 4.56. The highest BCUT2D eigenvalue weighted by atomic mass is 79.9. The molecular formula is C15H12BrClO. The Labute approximate surface area is 120 Å². The number of Topliss-reactive ketones (excluding diaryl/α,β-unsaturated/α-hetero) is 1. The van der Waals surface area contributed by atoms with Gasteiger partial charge in [0.15, 0.2) is 5.78 Å². The lowest BCUT2D eigenvalue weighted by atomic mass is 10.0. The maximum absolute atomic E-state index is 12.0. The highest BCUT2D eigenvalue weighted by molar-refractivity contribution is 9.10. The summed E-state index contributed by atoms with van der Waals surface area (Å²) in [6.07, 6.45) is 1.25. The van der Waals surface area contributed by atoms with Crippen molar-refractivity contribution in [1.29, 1.82) is 0 Å². The first kappa shape index (κ1) is 13.3. The second-order valence-corrected chi connectivity index (χ2v) is 5.42. The van der Waals surface area contributed by atoms with Crippen LogP contribution in [0.1, 0.15) is 22.3 Å². The Morgan fingerprint density at radius 1 is 1.11 bits per heavy atom. The van der Waals surface area contributed by atoms with E-state index in [1.54, 1.807) is 18.2 Å². The molecule has 0 fully saturated rings. The summed E-state index contributed by atoms with van der Waals surface area (Å²) in [6.45, 7) is 0. The van der Waals surface area contributed by atoms with E-state index in [1.165, 1.54) is 5.56 Å². The third kappa shape index (κ3) is 3.69. The zero-order valence-corrected chi connectivity index (χ0v) is 12.0. The van der Waals surface area contributed by atoms with Gasteiger partial charge in [-0.1, -0.05) is 57.9 Å². The van der Waals surface area contributed by atoms with Gasteiger partial charge in [0, 0.05) is 21.5 Å². The van der Waals surface area contributed by atoms with Gasteiger partial charge in [-0.05, 0) is 30.2 Å². The summed E-state index contributed by atoms with van der Waals surface area (Å²) in [5.41, 5.74) is 1.83. The molecule has 0 heterocycles. The van der Waals surface area contributed by atoms with E-state index in [-0.39, 0.29) is 5.78 Å². The first-order chi connectivity index (χ1) is 8.65. The predicted octanol–water partition coefficient (Wildman–Crippen LogP) is 4.92. The molecule has 18 heavy (non-hydrogen) atoms. The van der Waals surface area contributed by atoms with Crippen LogP contribution in [-0.2, 0) is 6.42 Å². The zero-order chi connectivity index (χ0) is 13.0. The monoisotopic (exact) mass is 322 g/mol. The van der Waals surface area contributed by atoms with Gasteiger partial charge in [0.1, 0.15) is 0 Å².